The average molecular weight is 307 g/mol. The number of amides is 1. The molecule has 0 spiro atoms. The summed E-state index contributed by atoms with van der Waals surface area (Å²) in [6.45, 7) is 3.89. The SMILES string of the molecule is CC[C@@H](CC1CC(=O)N(Cc2ccccc2)C1)c1ccccc1. The fourth-order valence-corrected chi connectivity index (χ4v) is 3.63. The number of hydrogen-bond donors (Lipinski definition) is 0. The predicted molar refractivity (Wildman–Crippen MR) is 94.1 cm³/mol. The maximum Gasteiger partial charge on any atom is 0.223 e. The van der Waals surface area contributed by atoms with Crippen molar-refractivity contribution in [3.63, 3.8) is 0 Å². The zero-order valence-corrected chi connectivity index (χ0v) is 13.8. The number of nitrogens with zero attached hydrogens (tertiary/aromatic N) is 1. The minimum atomic E-state index is 0.307. The lowest BCUT2D eigenvalue weighted by molar-refractivity contribution is -0.128. The molecule has 3 rings (SSSR count). The van der Waals surface area contributed by atoms with Crippen molar-refractivity contribution in [2.45, 2.75) is 38.6 Å². The Labute approximate surface area is 139 Å². The first-order chi connectivity index (χ1) is 11.3. The largest absolute Gasteiger partial charge is 0.338 e. The topological polar surface area (TPSA) is 20.3 Å². The van der Waals surface area contributed by atoms with E-state index in [1.165, 1.54) is 11.1 Å². The molecule has 23 heavy (non-hydrogen) atoms. The highest BCUT2D eigenvalue weighted by atomic mass is 16.2. The Morgan fingerprint density at radius 1 is 1.04 bits per heavy atom. The molecule has 1 aliphatic heterocycles. The molecule has 1 amide bonds. The molecule has 120 valence electrons. The lowest BCUT2D eigenvalue weighted by atomic mass is 9.86. The first-order valence-electron chi connectivity index (χ1n) is 8.63. The Morgan fingerprint density at radius 2 is 1.70 bits per heavy atom. The molecular formula is C21H25NO. The second kappa shape index (κ2) is 7.45. The van der Waals surface area contributed by atoms with Gasteiger partial charge in [0, 0.05) is 19.5 Å². The first kappa shape index (κ1) is 15.8. The van der Waals surface area contributed by atoms with Crippen LogP contribution in [0.4, 0.5) is 0 Å². The van der Waals surface area contributed by atoms with Gasteiger partial charge in [0.1, 0.15) is 0 Å². The van der Waals surface area contributed by atoms with Crippen LogP contribution in [-0.4, -0.2) is 17.4 Å². The van der Waals surface area contributed by atoms with Crippen LogP contribution in [0.15, 0.2) is 60.7 Å². The highest BCUT2D eigenvalue weighted by molar-refractivity contribution is 5.78. The molecule has 0 aromatic heterocycles. The lowest BCUT2D eigenvalue weighted by Gasteiger charge is -2.20. The van der Waals surface area contributed by atoms with Crippen molar-refractivity contribution in [1.29, 1.82) is 0 Å². The Bertz CT molecular complexity index is 623. The Morgan fingerprint density at radius 3 is 2.35 bits per heavy atom. The molecular weight excluding hydrogens is 282 g/mol. The van der Waals surface area contributed by atoms with Gasteiger partial charge in [0.25, 0.3) is 0 Å². The zero-order valence-electron chi connectivity index (χ0n) is 13.8. The number of carbonyl (C=O) groups is 1. The van der Waals surface area contributed by atoms with Crippen LogP contribution >= 0.6 is 0 Å². The van der Waals surface area contributed by atoms with Gasteiger partial charge in [-0.1, -0.05) is 67.6 Å². The quantitative estimate of drug-likeness (QED) is 0.762. The van der Waals surface area contributed by atoms with Gasteiger partial charge in [0.15, 0.2) is 0 Å². The van der Waals surface area contributed by atoms with Gasteiger partial charge in [0.05, 0.1) is 0 Å². The van der Waals surface area contributed by atoms with E-state index in [-0.39, 0.29) is 0 Å². The van der Waals surface area contributed by atoms with E-state index in [9.17, 15) is 4.79 Å². The summed E-state index contributed by atoms with van der Waals surface area (Å²) in [6, 6.07) is 21.0. The molecule has 2 atom stereocenters. The molecule has 1 aliphatic rings. The van der Waals surface area contributed by atoms with Gasteiger partial charge >= 0.3 is 0 Å². The van der Waals surface area contributed by atoms with Crippen LogP contribution in [0.2, 0.25) is 0 Å². The average Bonchev–Trinajstić information content (AvgIpc) is 2.94. The smallest absolute Gasteiger partial charge is 0.223 e. The van der Waals surface area contributed by atoms with Crippen LogP contribution in [0.5, 0.6) is 0 Å². The van der Waals surface area contributed by atoms with Crippen LogP contribution in [-0.2, 0) is 11.3 Å². The molecule has 2 aromatic carbocycles. The molecule has 0 bridgehead atoms. The lowest BCUT2D eigenvalue weighted by Crippen LogP contribution is -2.24. The molecule has 2 aromatic rings. The van der Waals surface area contributed by atoms with E-state index in [4.69, 9.17) is 0 Å². The summed E-state index contributed by atoms with van der Waals surface area (Å²) in [6.07, 6.45) is 2.95. The van der Waals surface area contributed by atoms with E-state index in [1.807, 2.05) is 23.1 Å². The number of rotatable bonds is 6. The van der Waals surface area contributed by atoms with Crippen molar-refractivity contribution < 1.29 is 4.79 Å². The molecule has 2 nitrogen and oxygen atoms in total. The normalized spacial score (nSPS) is 19.1. The van der Waals surface area contributed by atoms with Gasteiger partial charge in [0.2, 0.25) is 5.91 Å². The van der Waals surface area contributed by atoms with E-state index >= 15 is 0 Å². The third-order valence-corrected chi connectivity index (χ3v) is 4.89. The Kier molecular flexibility index (Phi) is 5.12. The van der Waals surface area contributed by atoms with Crippen LogP contribution in [0.25, 0.3) is 0 Å². The molecule has 0 radical (unpaired) electrons. The molecule has 2 heteroatoms. The van der Waals surface area contributed by atoms with Gasteiger partial charge in [-0.15, -0.1) is 0 Å². The molecule has 0 N–H and O–H groups in total. The van der Waals surface area contributed by atoms with Crippen LogP contribution in [0, 0.1) is 5.92 Å². The van der Waals surface area contributed by atoms with Gasteiger partial charge in [-0.2, -0.15) is 0 Å². The van der Waals surface area contributed by atoms with Crippen molar-refractivity contribution in [2.75, 3.05) is 6.54 Å². The Hall–Kier alpha value is -2.09. The summed E-state index contributed by atoms with van der Waals surface area (Å²) in [7, 11) is 0. The number of carbonyl (C=O) groups excluding carboxylic acids is 1. The summed E-state index contributed by atoms with van der Waals surface area (Å²) in [5, 5.41) is 0. The van der Waals surface area contributed by atoms with E-state index in [0.717, 1.165) is 25.9 Å². The number of hydrogen-bond acceptors (Lipinski definition) is 1. The van der Waals surface area contributed by atoms with Gasteiger partial charge in [-0.3, -0.25) is 4.79 Å². The third kappa shape index (κ3) is 4.01. The monoisotopic (exact) mass is 307 g/mol. The summed E-state index contributed by atoms with van der Waals surface area (Å²) in [4.78, 5) is 14.3. The maximum atomic E-state index is 12.3. The van der Waals surface area contributed by atoms with Crippen molar-refractivity contribution in [1.82, 2.24) is 4.90 Å². The fourth-order valence-electron chi connectivity index (χ4n) is 3.63. The summed E-state index contributed by atoms with van der Waals surface area (Å²) < 4.78 is 0. The predicted octanol–water partition coefficient (Wildman–Crippen LogP) is 4.62. The number of likely N-dealkylation sites (tertiary alicyclic amines) is 1. The van der Waals surface area contributed by atoms with Crippen molar-refractivity contribution in [3.8, 4) is 0 Å². The molecule has 1 fully saturated rings. The third-order valence-electron chi connectivity index (χ3n) is 4.89. The van der Waals surface area contributed by atoms with Crippen molar-refractivity contribution in [2.24, 2.45) is 5.92 Å². The molecule has 0 saturated carbocycles. The summed E-state index contributed by atoms with van der Waals surface area (Å²) >= 11 is 0. The van der Waals surface area contributed by atoms with E-state index in [2.05, 4.69) is 49.4 Å². The van der Waals surface area contributed by atoms with E-state index in [0.29, 0.717) is 24.2 Å². The van der Waals surface area contributed by atoms with Crippen LogP contribution in [0.3, 0.4) is 0 Å². The number of benzene rings is 2. The van der Waals surface area contributed by atoms with Crippen LogP contribution < -0.4 is 0 Å². The van der Waals surface area contributed by atoms with Crippen molar-refractivity contribution in [3.05, 3.63) is 71.8 Å². The first-order valence-corrected chi connectivity index (χ1v) is 8.63. The second-order valence-corrected chi connectivity index (χ2v) is 6.58. The Balaban J connectivity index is 1.61. The summed E-state index contributed by atoms with van der Waals surface area (Å²) in [5.41, 5.74) is 2.63. The minimum absolute atomic E-state index is 0.307. The van der Waals surface area contributed by atoms with E-state index < -0.39 is 0 Å². The second-order valence-electron chi connectivity index (χ2n) is 6.58. The molecule has 0 aliphatic carbocycles. The fraction of sp³-hybridized carbons (Fsp3) is 0.381. The van der Waals surface area contributed by atoms with Gasteiger partial charge < -0.3 is 4.90 Å². The molecule has 1 saturated heterocycles. The van der Waals surface area contributed by atoms with Gasteiger partial charge in [-0.05, 0) is 35.8 Å². The standard InChI is InChI=1S/C21H25NO/c1-2-19(20-11-7-4-8-12-20)13-18-14-21(23)22(16-18)15-17-9-5-3-6-10-17/h3-12,18-19H,2,13-16H2,1H3/t18?,19-/m0/s1. The minimum Gasteiger partial charge on any atom is -0.338 e. The highest BCUT2D eigenvalue weighted by Gasteiger charge is 2.31. The van der Waals surface area contributed by atoms with Gasteiger partial charge in [-0.25, -0.2) is 0 Å². The summed E-state index contributed by atoms with van der Waals surface area (Å²) in [5.74, 6) is 1.35. The van der Waals surface area contributed by atoms with Crippen LogP contribution in [0.1, 0.15) is 43.2 Å². The van der Waals surface area contributed by atoms with Crippen molar-refractivity contribution >= 4 is 5.91 Å². The molecule has 1 unspecified atom stereocenters. The van der Waals surface area contributed by atoms with E-state index in [1.54, 1.807) is 0 Å². The zero-order chi connectivity index (χ0) is 16.1. The maximum absolute atomic E-state index is 12.3. The molecule has 1 heterocycles. The highest BCUT2D eigenvalue weighted by Crippen LogP contribution is 2.32.